The molecular formula is C43H58F4O12S. The highest BCUT2D eigenvalue weighted by Gasteiger charge is 2.65. The number of ether oxygens (including phenoxy) is 5. The Morgan fingerprint density at radius 1 is 0.483 bits per heavy atom. The molecule has 0 aromatic rings. The smallest absolute Gasteiger partial charge is 0.464 e. The van der Waals surface area contributed by atoms with Gasteiger partial charge in [0.1, 0.15) is 38.4 Å². The highest BCUT2D eigenvalue weighted by Crippen LogP contribution is 2.63. The first kappa shape index (κ1) is 42.6. The van der Waals surface area contributed by atoms with E-state index in [1.165, 1.54) is 0 Å². The van der Waals surface area contributed by atoms with E-state index >= 15 is 0 Å². The molecule has 0 unspecified atom stereocenters. The molecular weight excluding hydrogens is 817 g/mol. The molecule has 17 heteroatoms. The third-order valence-electron chi connectivity index (χ3n) is 16.8. The van der Waals surface area contributed by atoms with Crippen LogP contribution >= 0.6 is 0 Å². The van der Waals surface area contributed by atoms with Crippen molar-refractivity contribution in [2.24, 2.45) is 74.9 Å². The van der Waals surface area contributed by atoms with Crippen LogP contribution in [-0.2, 0) is 48.2 Å². The monoisotopic (exact) mass is 874 g/mol. The summed E-state index contributed by atoms with van der Waals surface area (Å²) in [4.78, 5) is 55.7. The Morgan fingerprint density at radius 2 is 0.750 bits per heavy atom. The van der Waals surface area contributed by atoms with Gasteiger partial charge in [-0.15, -0.1) is 0 Å². The molecule has 12 bridgehead atoms. The van der Waals surface area contributed by atoms with Crippen LogP contribution in [0, 0.1) is 74.9 Å². The number of hydrogen-bond acceptors (Lipinski definition) is 11. The third-order valence-corrected chi connectivity index (χ3v) is 17.8. The summed E-state index contributed by atoms with van der Waals surface area (Å²) in [5.74, 6) is -2.83. The van der Waals surface area contributed by atoms with Crippen LogP contribution in [0.25, 0.3) is 0 Å². The fourth-order valence-corrected chi connectivity index (χ4v) is 15.8. The molecule has 0 atom stereocenters. The molecule has 12 nitrogen and oxygen atoms in total. The van der Waals surface area contributed by atoms with Gasteiger partial charge in [-0.2, -0.15) is 26.0 Å². The lowest BCUT2D eigenvalue weighted by molar-refractivity contribution is -0.192. The molecule has 12 rings (SSSR count). The van der Waals surface area contributed by atoms with E-state index in [-0.39, 0.29) is 0 Å². The number of esters is 3. The van der Waals surface area contributed by atoms with Gasteiger partial charge in [0.15, 0.2) is 0 Å². The van der Waals surface area contributed by atoms with Gasteiger partial charge in [-0.05, 0) is 169 Å². The SMILES string of the molecule is O=C(OCCC(F)(F)C(F)(F)S(=O)(=O)O)OCC(COC(=O)C12CC3CC(CC(C3)C1)C2)(COC(=O)C12CC3CC(CC(C3)C1)C2)COC(=O)C12CC3CC(CC(C3)C1)C2. The van der Waals surface area contributed by atoms with Crippen molar-refractivity contribution in [3.63, 3.8) is 0 Å². The predicted octanol–water partition coefficient (Wildman–Crippen LogP) is 7.91. The standard InChI is InChI=1S/C43H58F4O12S/c44-42(45,43(46,47)60(52,53)54)1-2-55-37(51)59-24-38(21-56-34(48)39-12-25-3-26(13-39)5-27(4-25)14-39,22-57-35(49)40-15-28-6-29(16-40)8-30(7-28)17-40)23-58-36(50)41-18-31-9-32(19-41)11-33(10-31)20-41/h25-33H,1-24H2,(H,52,53,54). The van der Waals surface area contributed by atoms with Crippen LogP contribution in [-0.4, -0.2) is 81.2 Å². The quantitative estimate of drug-likeness (QED) is 0.0690. The Balaban J connectivity index is 0.949. The van der Waals surface area contributed by atoms with Gasteiger partial charge in [-0.3, -0.25) is 18.9 Å². The van der Waals surface area contributed by atoms with Crippen molar-refractivity contribution in [2.75, 3.05) is 33.0 Å². The number of rotatable bonds is 16. The highest BCUT2D eigenvalue weighted by atomic mass is 32.2. The van der Waals surface area contributed by atoms with Crippen molar-refractivity contribution < 1.29 is 73.4 Å². The minimum absolute atomic E-state index is 0.416. The number of carbonyl (C=O) groups is 4. The molecule has 60 heavy (non-hydrogen) atoms. The lowest BCUT2D eigenvalue weighted by Crippen LogP contribution is -2.54. The van der Waals surface area contributed by atoms with E-state index in [0.717, 1.165) is 57.8 Å². The first-order valence-corrected chi connectivity index (χ1v) is 23.7. The Morgan fingerprint density at radius 3 is 1.02 bits per heavy atom. The molecule has 0 heterocycles. The third kappa shape index (κ3) is 7.73. The average Bonchev–Trinajstić information content (AvgIpc) is 3.14. The molecule has 336 valence electrons. The minimum atomic E-state index is -6.50. The van der Waals surface area contributed by atoms with E-state index in [1.807, 2.05) is 0 Å². The fourth-order valence-electron chi connectivity index (χ4n) is 15.3. The maximum atomic E-state index is 14.2. The van der Waals surface area contributed by atoms with Crippen molar-refractivity contribution >= 4 is 34.2 Å². The molecule has 1 N–H and O–H groups in total. The van der Waals surface area contributed by atoms with Gasteiger partial charge >= 0.3 is 45.4 Å². The highest BCUT2D eigenvalue weighted by molar-refractivity contribution is 7.87. The molecule has 12 aliphatic rings. The van der Waals surface area contributed by atoms with Crippen LogP contribution in [0.4, 0.5) is 22.4 Å². The summed E-state index contributed by atoms with van der Waals surface area (Å²) in [6.45, 7) is -3.61. The Labute approximate surface area is 348 Å². The number of halogens is 4. The van der Waals surface area contributed by atoms with E-state index in [1.54, 1.807) is 0 Å². The molecule has 12 aliphatic carbocycles. The zero-order valence-corrected chi connectivity index (χ0v) is 34.8. The molecule has 12 saturated carbocycles. The van der Waals surface area contributed by atoms with E-state index < -0.39 is 106 Å². The van der Waals surface area contributed by atoms with Crippen LogP contribution in [0.2, 0.25) is 0 Å². The average molecular weight is 875 g/mol. The molecule has 0 aromatic carbocycles. The molecule has 0 saturated heterocycles. The molecule has 0 aliphatic heterocycles. The molecule has 0 spiro atoms. The number of hydrogen-bond donors (Lipinski definition) is 1. The summed E-state index contributed by atoms with van der Waals surface area (Å²) in [7, 11) is -6.50. The fraction of sp³-hybridized carbons (Fsp3) is 0.907. The second kappa shape index (κ2) is 15.0. The Bertz CT molecular complexity index is 1600. The second-order valence-corrected chi connectivity index (χ2v) is 23.1. The predicted molar refractivity (Wildman–Crippen MR) is 200 cm³/mol. The van der Waals surface area contributed by atoms with Crippen LogP contribution in [0.5, 0.6) is 0 Å². The number of alkyl halides is 4. The maximum absolute atomic E-state index is 14.2. The molecule has 0 amide bonds. The normalized spacial score (nSPS) is 40.5. The Kier molecular flexibility index (Phi) is 10.6. The van der Waals surface area contributed by atoms with Gasteiger partial charge < -0.3 is 23.7 Å². The van der Waals surface area contributed by atoms with Crippen molar-refractivity contribution in [1.29, 1.82) is 0 Å². The van der Waals surface area contributed by atoms with Gasteiger partial charge in [0.25, 0.3) is 0 Å². The summed E-state index contributed by atoms with van der Waals surface area (Å²) in [5, 5.41) is -5.86. The van der Waals surface area contributed by atoms with Crippen molar-refractivity contribution in [2.45, 2.75) is 133 Å². The summed E-state index contributed by atoms with van der Waals surface area (Å²) in [6.07, 6.45) is 12.3. The van der Waals surface area contributed by atoms with Crippen LogP contribution in [0.15, 0.2) is 0 Å². The van der Waals surface area contributed by atoms with Crippen LogP contribution in [0.3, 0.4) is 0 Å². The lowest BCUT2D eigenvalue weighted by Gasteiger charge is -2.55. The first-order chi connectivity index (χ1) is 28.2. The first-order valence-electron chi connectivity index (χ1n) is 22.2. The zero-order valence-electron chi connectivity index (χ0n) is 34.0. The topological polar surface area (TPSA) is 169 Å². The summed E-state index contributed by atoms with van der Waals surface area (Å²) >= 11 is 0. The largest absolute Gasteiger partial charge is 0.508 e. The van der Waals surface area contributed by atoms with E-state index in [0.29, 0.717) is 111 Å². The summed E-state index contributed by atoms with van der Waals surface area (Å²) in [6, 6.07) is 0. The van der Waals surface area contributed by atoms with Crippen molar-refractivity contribution in [3.05, 3.63) is 0 Å². The van der Waals surface area contributed by atoms with E-state index in [2.05, 4.69) is 4.74 Å². The van der Waals surface area contributed by atoms with E-state index in [9.17, 15) is 45.2 Å². The van der Waals surface area contributed by atoms with Gasteiger partial charge in [-0.1, -0.05) is 0 Å². The van der Waals surface area contributed by atoms with Gasteiger partial charge in [0.05, 0.1) is 22.7 Å². The summed E-state index contributed by atoms with van der Waals surface area (Å²) < 4.78 is 115. The van der Waals surface area contributed by atoms with Crippen LogP contribution in [0.1, 0.15) is 122 Å². The molecule has 12 fully saturated rings. The number of carbonyl (C=O) groups excluding carboxylic acids is 4. The minimum Gasteiger partial charge on any atom is -0.464 e. The van der Waals surface area contributed by atoms with Gasteiger partial charge in [0, 0.05) is 0 Å². The van der Waals surface area contributed by atoms with Gasteiger partial charge in [-0.25, -0.2) is 4.79 Å². The lowest BCUT2D eigenvalue weighted by atomic mass is 9.49. The zero-order chi connectivity index (χ0) is 42.5. The Hall–Kier alpha value is -2.69. The molecule has 0 aromatic heterocycles. The van der Waals surface area contributed by atoms with Crippen molar-refractivity contribution in [3.8, 4) is 0 Å². The van der Waals surface area contributed by atoms with Gasteiger partial charge in [0.2, 0.25) is 0 Å². The second-order valence-electron chi connectivity index (χ2n) is 21.7. The molecule has 0 radical (unpaired) electrons. The maximum Gasteiger partial charge on any atom is 0.508 e. The summed E-state index contributed by atoms with van der Waals surface area (Å²) in [5.41, 5.74) is -3.75. The van der Waals surface area contributed by atoms with Crippen LogP contribution < -0.4 is 0 Å². The van der Waals surface area contributed by atoms with Crippen molar-refractivity contribution in [1.82, 2.24) is 0 Å². The van der Waals surface area contributed by atoms with E-state index in [4.69, 9.17) is 23.5 Å².